The largest absolute Gasteiger partial charge is 0.393 e. The summed E-state index contributed by atoms with van der Waals surface area (Å²) in [6, 6.07) is 1.81. The Hall–Kier alpha value is -0.460. The van der Waals surface area contributed by atoms with Crippen LogP contribution in [0.25, 0.3) is 0 Å². The molecule has 0 bridgehead atoms. The van der Waals surface area contributed by atoms with Crippen LogP contribution in [-0.4, -0.2) is 144 Å². The first kappa shape index (κ1) is 33.4. The minimum atomic E-state index is -0.149. The third-order valence-corrected chi connectivity index (χ3v) is 13.4. The van der Waals surface area contributed by atoms with Crippen molar-refractivity contribution in [2.24, 2.45) is 17.8 Å². The van der Waals surface area contributed by atoms with Crippen molar-refractivity contribution in [2.45, 2.75) is 114 Å². The Balaban J connectivity index is 1.10. The van der Waals surface area contributed by atoms with E-state index in [2.05, 4.69) is 49.4 Å². The van der Waals surface area contributed by atoms with E-state index in [4.69, 9.17) is 0 Å². The van der Waals surface area contributed by atoms with Crippen LogP contribution in [0.1, 0.15) is 78.1 Å². The van der Waals surface area contributed by atoms with Crippen LogP contribution < -0.4 is 16.0 Å². The van der Waals surface area contributed by atoms with Gasteiger partial charge in [0.15, 0.2) is 0 Å². The first-order chi connectivity index (χ1) is 21.4. The summed E-state index contributed by atoms with van der Waals surface area (Å²) >= 11 is 2.01. The van der Waals surface area contributed by atoms with Crippen LogP contribution in [0, 0.1) is 17.8 Å². The number of likely N-dealkylation sites (tertiary alicyclic amines) is 2. The molecule has 6 aliphatic rings. The van der Waals surface area contributed by atoms with Crippen molar-refractivity contribution in [1.82, 2.24) is 35.6 Å². The molecule has 0 aromatic heterocycles. The number of nitrogens with zero attached hydrogens (tertiary/aromatic N) is 4. The predicted octanol–water partition coefficient (Wildman–Crippen LogP) is 2.21. The van der Waals surface area contributed by atoms with Crippen LogP contribution >= 0.6 is 11.8 Å². The first-order valence-corrected chi connectivity index (χ1v) is 19.5. The molecule has 5 saturated heterocycles. The highest BCUT2D eigenvalue weighted by atomic mass is 32.2. The van der Waals surface area contributed by atoms with E-state index < -0.39 is 0 Å². The molecule has 1 amide bonds. The number of piperidine rings is 2. The minimum absolute atomic E-state index is 0.149. The SMILES string of the molecule is CC(C)C1CC2CCCNC2C(N2CCCN(C(CC(=O)NCCN3CCCC3)C3CSC(N4CCC(O)CC4)N3)CC2)C1. The van der Waals surface area contributed by atoms with Crippen LogP contribution in [-0.2, 0) is 4.79 Å². The van der Waals surface area contributed by atoms with Crippen LogP contribution in [0.15, 0.2) is 0 Å². The number of hydrogen-bond acceptors (Lipinski definition) is 9. The molecule has 0 radical (unpaired) electrons. The van der Waals surface area contributed by atoms with Crippen molar-refractivity contribution in [3.8, 4) is 0 Å². The molecule has 9 nitrogen and oxygen atoms in total. The Morgan fingerprint density at radius 2 is 1.75 bits per heavy atom. The van der Waals surface area contributed by atoms with Gasteiger partial charge in [-0.25, -0.2) is 0 Å². The number of hydrogen-bond donors (Lipinski definition) is 4. The van der Waals surface area contributed by atoms with Gasteiger partial charge < -0.3 is 20.6 Å². The molecule has 10 heteroatoms. The fourth-order valence-corrected chi connectivity index (χ4v) is 10.8. The van der Waals surface area contributed by atoms with E-state index >= 15 is 0 Å². The van der Waals surface area contributed by atoms with Gasteiger partial charge in [-0.15, -0.1) is 11.8 Å². The zero-order valence-electron chi connectivity index (χ0n) is 27.8. The maximum atomic E-state index is 13.5. The standard InChI is InChI=1S/C34H63N7O2S/c1-25(2)27-21-26-7-5-10-36-33(26)31(22-27)40-15-6-14-39(19-20-40)30(23-32(43)35-11-18-38-12-3-4-13-38)29-24-44-34(37-29)41-16-8-28(42)9-17-41/h25-31,33-34,36-37,42H,3-24H2,1-2H3,(H,35,43). The molecule has 4 N–H and O–H groups in total. The molecular weight excluding hydrogens is 570 g/mol. The van der Waals surface area contributed by atoms with E-state index in [1.807, 2.05) is 11.8 Å². The molecule has 6 fully saturated rings. The van der Waals surface area contributed by atoms with Crippen LogP contribution in [0.3, 0.4) is 0 Å². The summed E-state index contributed by atoms with van der Waals surface area (Å²) < 4.78 is 0. The minimum Gasteiger partial charge on any atom is -0.393 e. The lowest BCUT2D eigenvalue weighted by atomic mass is 9.68. The van der Waals surface area contributed by atoms with Crippen molar-refractivity contribution in [3.05, 3.63) is 0 Å². The molecule has 7 atom stereocenters. The number of fused-ring (bicyclic) bond motifs is 1. The van der Waals surface area contributed by atoms with Gasteiger partial charge in [0.05, 0.1) is 6.10 Å². The van der Waals surface area contributed by atoms with Crippen LogP contribution in [0.2, 0.25) is 0 Å². The van der Waals surface area contributed by atoms with Gasteiger partial charge in [-0.05, 0) is 108 Å². The van der Waals surface area contributed by atoms with Gasteiger partial charge in [0, 0.05) is 75.6 Å². The van der Waals surface area contributed by atoms with E-state index in [0.717, 1.165) is 82.2 Å². The molecule has 1 saturated carbocycles. The highest BCUT2D eigenvalue weighted by molar-refractivity contribution is 8.00. The molecular formula is C34H63N7O2S. The summed E-state index contributed by atoms with van der Waals surface area (Å²) in [7, 11) is 0. The molecule has 0 spiro atoms. The zero-order chi connectivity index (χ0) is 30.5. The van der Waals surface area contributed by atoms with Gasteiger partial charge in [-0.3, -0.25) is 24.8 Å². The molecule has 5 heterocycles. The predicted molar refractivity (Wildman–Crippen MR) is 181 cm³/mol. The number of amides is 1. The molecule has 0 aromatic rings. The number of nitrogens with one attached hydrogen (secondary N) is 3. The van der Waals surface area contributed by atoms with Gasteiger partial charge in [-0.2, -0.15) is 0 Å². The van der Waals surface area contributed by atoms with Crippen LogP contribution in [0.5, 0.6) is 0 Å². The zero-order valence-corrected chi connectivity index (χ0v) is 28.6. The number of aliphatic hydroxyl groups excluding tert-OH is 1. The second-order valence-corrected chi connectivity index (χ2v) is 16.4. The second kappa shape index (κ2) is 16.1. The number of thioether (sulfide) groups is 1. The number of rotatable bonds is 10. The Kier molecular flexibility index (Phi) is 12.2. The summed E-state index contributed by atoms with van der Waals surface area (Å²) in [4.78, 5) is 24.0. The van der Waals surface area contributed by atoms with E-state index in [0.29, 0.717) is 30.0 Å². The normalized spacial score (nSPS) is 36.4. The molecule has 7 unspecified atom stereocenters. The molecule has 1 aliphatic carbocycles. The molecule has 5 aliphatic heterocycles. The van der Waals surface area contributed by atoms with E-state index in [9.17, 15) is 9.90 Å². The number of carbonyl (C=O) groups excluding carboxylic acids is 1. The maximum Gasteiger partial charge on any atom is 0.221 e. The van der Waals surface area contributed by atoms with Crippen LogP contribution in [0.4, 0.5) is 0 Å². The summed E-state index contributed by atoms with van der Waals surface area (Å²) in [5.41, 5.74) is 0.293. The Labute approximate surface area is 272 Å². The summed E-state index contributed by atoms with van der Waals surface area (Å²) in [6.07, 6.45) is 11.4. The number of carbonyl (C=O) groups is 1. The summed E-state index contributed by atoms with van der Waals surface area (Å²) in [6.45, 7) is 16.5. The van der Waals surface area contributed by atoms with Crippen molar-refractivity contribution >= 4 is 17.7 Å². The van der Waals surface area contributed by atoms with E-state index in [1.165, 1.54) is 71.1 Å². The smallest absolute Gasteiger partial charge is 0.221 e. The highest BCUT2D eigenvalue weighted by Gasteiger charge is 2.43. The fraction of sp³-hybridized carbons (Fsp3) is 0.971. The lowest BCUT2D eigenvalue weighted by Gasteiger charge is -2.50. The third-order valence-electron chi connectivity index (χ3n) is 12.1. The Morgan fingerprint density at radius 1 is 0.932 bits per heavy atom. The summed E-state index contributed by atoms with van der Waals surface area (Å²) in [5.74, 6) is 3.69. The number of aliphatic hydroxyl groups is 1. The van der Waals surface area contributed by atoms with Gasteiger partial charge >= 0.3 is 0 Å². The van der Waals surface area contributed by atoms with E-state index in [1.54, 1.807) is 0 Å². The maximum absolute atomic E-state index is 13.5. The summed E-state index contributed by atoms with van der Waals surface area (Å²) in [5, 5.41) is 21.3. The fourth-order valence-electron chi connectivity index (χ4n) is 9.35. The Morgan fingerprint density at radius 3 is 2.55 bits per heavy atom. The monoisotopic (exact) mass is 633 g/mol. The highest BCUT2D eigenvalue weighted by Crippen LogP contribution is 2.40. The van der Waals surface area contributed by atoms with Gasteiger partial charge in [-0.1, -0.05) is 13.8 Å². The second-order valence-electron chi connectivity index (χ2n) is 15.2. The molecule has 44 heavy (non-hydrogen) atoms. The average molecular weight is 634 g/mol. The van der Waals surface area contributed by atoms with Crippen molar-refractivity contribution in [2.75, 3.05) is 77.7 Å². The van der Waals surface area contributed by atoms with E-state index in [-0.39, 0.29) is 18.1 Å². The Bertz CT molecular complexity index is 899. The topological polar surface area (TPSA) is 86.4 Å². The molecule has 252 valence electrons. The lowest BCUT2D eigenvalue weighted by molar-refractivity contribution is -0.122. The van der Waals surface area contributed by atoms with Gasteiger partial charge in [0.2, 0.25) is 5.91 Å². The first-order valence-electron chi connectivity index (χ1n) is 18.4. The van der Waals surface area contributed by atoms with Gasteiger partial charge in [0.25, 0.3) is 0 Å². The van der Waals surface area contributed by atoms with Gasteiger partial charge in [0.1, 0.15) is 5.50 Å². The van der Waals surface area contributed by atoms with Crippen molar-refractivity contribution in [3.63, 3.8) is 0 Å². The average Bonchev–Trinajstić information content (AvgIpc) is 3.68. The quantitative estimate of drug-likeness (QED) is 0.290. The molecule has 0 aromatic carbocycles. The van der Waals surface area contributed by atoms with Crippen molar-refractivity contribution < 1.29 is 9.90 Å². The third kappa shape index (κ3) is 8.52. The lowest BCUT2D eigenvalue weighted by Crippen LogP contribution is -2.60. The van der Waals surface area contributed by atoms with Crippen molar-refractivity contribution in [1.29, 1.82) is 0 Å². The molecule has 6 rings (SSSR count).